The molecule has 0 aromatic heterocycles. The van der Waals surface area contributed by atoms with Gasteiger partial charge in [0.25, 0.3) is 0 Å². The quantitative estimate of drug-likeness (QED) is 0.709. The minimum atomic E-state index is -0.357. The SMILES string of the molecule is COC(=O)NC1CCC2(CC1)OCCO2. The molecule has 2 aliphatic rings. The summed E-state index contributed by atoms with van der Waals surface area (Å²) >= 11 is 0. The molecule has 0 unspecified atom stereocenters. The molecule has 1 aliphatic carbocycles. The van der Waals surface area contributed by atoms with Crippen molar-refractivity contribution in [3.05, 3.63) is 0 Å². The Kier molecular flexibility index (Phi) is 3.11. The van der Waals surface area contributed by atoms with E-state index < -0.39 is 0 Å². The van der Waals surface area contributed by atoms with Gasteiger partial charge in [0.1, 0.15) is 0 Å². The Morgan fingerprint density at radius 2 is 1.93 bits per heavy atom. The summed E-state index contributed by atoms with van der Waals surface area (Å²) in [4.78, 5) is 11.0. The van der Waals surface area contributed by atoms with Gasteiger partial charge in [-0.15, -0.1) is 0 Å². The molecule has 86 valence electrons. The molecule has 2 rings (SSSR count). The van der Waals surface area contributed by atoms with Crippen LogP contribution in [0.4, 0.5) is 4.79 Å². The third kappa shape index (κ3) is 2.41. The molecule has 2 fully saturated rings. The summed E-state index contributed by atoms with van der Waals surface area (Å²) in [5.41, 5.74) is 0. The maximum atomic E-state index is 11.0. The maximum absolute atomic E-state index is 11.0. The Bertz CT molecular complexity index is 228. The Balaban J connectivity index is 1.79. The molecular formula is C10H17NO4. The van der Waals surface area contributed by atoms with Crippen LogP contribution in [0.1, 0.15) is 25.7 Å². The van der Waals surface area contributed by atoms with E-state index in [-0.39, 0.29) is 17.9 Å². The minimum Gasteiger partial charge on any atom is -0.453 e. The monoisotopic (exact) mass is 215 g/mol. The molecule has 0 aromatic rings. The number of alkyl carbamates (subject to hydrolysis) is 1. The first-order valence-corrected chi connectivity index (χ1v) is 5.36. The van der Waals surface area contributed by atoms with E-state index in [4.69, 9.17) is 9.47 Å². The van der Waals surface area contributed by atoms with E-state index in [0.29, 0.717) is 13.2 Å². The molecule has 5 heteroatoms. The molecule has 1 N–H and O–H groups in total. The zero-order valence-corrected chi connectivity index (χ0v) is 8.95. The number of carbonyl (C=O) groups is 1. The summed E-state index contributed by atoms with van der Waals surface area (Å²) in [7, 11) is 1.38. The maximum Gasteiger partial charge on any atom is 0.407 e. The van der Waals surface area contributed by atoms with Crippen molar-refractivity contribution >= 4 is 6.09 Å². The van der Waals surface area contributed by atoms with Gasteiger partial charge < -0.3 is 19.5 Å². The lowest BCUT2D eigenvalue weighted by Gasteiger charge is -2.35. The summed E-state index contributed by atoms with van der Waals surface area (Å²) in [6, 6.07) is 0.191. The number of rotatable bonds is 1. The molecule has 1 saturated heterocycles. The summed E-state index contributed by atoms with van der Waals surface area (Å²) in [6.45, 7) is 1.38. The van der Waals surface area contributed by atoms with Crippen molar-refractivity contribution in [1.29, 1.82) is 0 Å². The van der Waals surface area contributed by atoms with Crippen molar-refractivity contribution in [2.45, 2.75) is 37.5 Å². The molecule has 1 heterocycles. The van der Waals surface area contributed by atoms with Crippen LogP contribution in [0.5, 0.6) is 0 Å². The van der Waals surface area contributed by atoms with Crippen LogP contribution in [0.3, 0.4) is 0 Å². The van der Waals surface area contributed by atoms with Gasteiger partial charge in [-0.25, -0.2) is 4.79 Å². The van der Waals surface area contributed by atoms with Crippen molar-refractivity contribution in [3.63, 3.8) is 0 Å². The lowest BCUT2D eigenvalue weighted by molar-refractivity contribution is -0.179. The summed E-state index contributed by atoms with van der Waals surface area (Å²) in [6.07, 6.45) is 3.11. The highest BCUT2D eigenvalue weighted by molar-refractivity contribution is 5.67. The molecule has 0 aromatic carbocycles. The van der Waals surface area contributed by atoms with Gasteiger partial charge >= 0.3 is 6.09 Å². The number of methoxy groups -OCH3 is 1. The van der Waals surface area contributed by atoms with E-state index in [2.05, 4.69) is 10.1 Å². The first-order chi connectivity index (χ1) is 7.24. The summed E-state index contributed by atoms with van der Waals surface area (Å²) < 4.78 is 15.7. The first-order valence-electron chi connectivity index (χ1n) is 5.36. The number of carbonyl (C=O) groups excluding carboxylic acids is 1. The Morgan fingerprint density at radius 1 is 1.33 bits per heavy atom. The number of hydrogen-bond donors (Lipinski definition) is 1. The second-order valence-electron chi connectivity index (χ2n) is 4.02. The Hall–Kier alpha value is -0.810. The smallest absolute Gasteiger partial charge is 0.407 e. The highest BCUT2D eigenvalue weighted by Gasteiger charge is 2.40. The van der Waals surface area contributed by atoms with E-state index in [1.54, 1.807) is 0 Å². The predicted octanol–water partition coefficient (Wildman–Crippen LogP) is 1.03. The summed E-state index contributed by atoms with van der Waals surface area (Å²) in [5, 5.41) is 2.80. The second-order valence-corrected chi connectivity index (χ2v) is 4.02. The van der Waals surface area contributed by atoms with E-state index in [1.807, 2.05) is 0 Å². The van der Waals surface area contributed by atoms with E-state index in [0.717, 1.165) is 25.7 Å². The lowest BCUT2D eigenvalue weighted by atomic mass is 9.90. The van der Waals surface area contributed by atoms with Crippen LogP contribution in [0.25, 0.3) is 0 Å². The zero-order chi connectivity index (χ0) is 10.7. The van der Waals surface area contributed by atoms with Gasteiger partial charge in [0, 0.05) is 18.9 Å². The summed E-state index contributed by atoms with van der Waals surface area (Å²) in [5.74, 6) is -0.353. The molecule has 5 nitrogen and oxygen atoms in total. The van der Waals surface area contributed by atoms with Crippen LogP contribution in [-0.2, 0) is 14.2 Å². The lowest BCUT2D eigenvalue weighted by Crippen LogP contribution is -2.43. The molecule has 1 amide bonds. The van der Waals surface area contributed by atoms with Crippen molar-refractivity contribution in [1.82, 2.24) is 5.32 Å². The van der Waals surface area contributed by atoms with Gasteiger partial charge in [-0.05, 0) is 12.8 Å². The van der Waals surface area contributed by atoms with Crippen LogP contribution in [-0.4, -0.2) is 38.2 Å². The van der Waals surface area contributed by atoms with E-state index >= 15 is 0 Å². The van der Waals surface area contributed by atoms with Crippen LogP contribution >= 0.6 is 0 Å². The van der Waals surface area contributed by atoms with Crippen LogP contribution in [0.15, 0.2) is 0 Å². The molecular weight excluding hydrogens is 198 g/mol. The minimum absolute atomic E-state index is 0.191. The molecule has 1 spiro atoms. The topological polar surface area (TPSA) is 56.8 Å². The van der Waals surface area contributed by atoms with Gasteiger partial charge in [-0.1, -0.05) is 0 Å². The predicted molar refractivity (Wildman–Crippen MR) is 52.4 cm³/mol. The Labute approximate surface area is 89.1 Å². The fourth-order valence-electron chi connectivity index (χ4n) is 2.21. The second kappa shape index (κ2) is 4.37. The largest absolute Gasteiger partial charge is 0.453 e. The third-order valence-corrected chi connectivity index (χ3v) is 3.07. The fourth-order valence-corrected chi connectivity index (χ4v) is 2.21. The van der Waals surface area contributed by atoms with Crippen molar-refractivity contribution in [2.75, 3.05) is 20.3 Å². The van der Waals surface area contributed by atoms with Crippen LogP contribution in [0.2, 0.25) is 0 Å². The molecule has 15 heavy (non-hydrogen) atoms. The van der Waals surface area contributed by atoms with Crippen molar-refractivity contribution in [2.24, 2.45) is 0 Å². The van der Waals surface area contributed by atoms with E-state index in [1.165, 1.54) is 7.11 Å². The molecule has 0 bridgehead atoms. The van der Waals surface area contributed by atoms with Crippen LogP contribution < -0.4 is 5.32 Å². The number of nitrogens with one attached hydrogen (secondary N) is 1. The highest BCUT2D eigenvalue weighted by Crippen LogP contribution is 2.35. The standard InChI is InChI=1S/C10H17NO4/c1-13-9(12)11-8-2-4-10(5-3-8)14-6-7-15-10/h8H,2-7H2,1H3,(H,11,12). The third-order valence-electron chi connectivity index (χ3n) is 3.07. The van der Waals surface area contributed by atoms with Gasteiger partial charge in [0.2, 0.25) is 0 Å². The zero-order valence-electron chi connectivity index (χ0n) is 8.95. The van der Waals surface area contributed by atoms with Crippen molar-refractivity contribution in [3.8, 4) is 0 Å². The average molecular weight is 215 g/mol. The molecule has 1 saturated carbocycles. The number of ether oxygens (including phenoxy) is 3. The van der Waals surface area contributed by atoms with Gasteiger partial charge in [-0.3, -0.25) is 0 Å². The fraction of sp³-hybridized carbons (Fsp3) is 0.900. The van der Waals surface area contributed by atoms with Crippen LogP contribution in [0, 0.1) is 0 Å². The normalized spacial score (nSPS) is 25.4. The van der Waals surface area contributed by atoms with Gasteiger partial charge in [0.15, 0.2) is 5.79 Å². The van der Waals surface area contributed by atoms with Crippen molar-refractivity contribution < 1.29 is 19.0 Å². The number of hydrogen-bond acceptors (Lipinski definition) is 4. The average Bonchev–Trinajstić information content (AvgIpc) is 2.70. The highest BCUT2D eigenvalue weighted by atomic mass is 16.7. The molecule has 1 aliphatic heterocycles. The van der Waals surface area contributed by atoms with Gasteiger partial charge in [0.05, 0.1) is 20.3 Å². The number of amides is 1. The Morgan fingerprint density at radius 3 is 2.47 bits per heavy atom. The molecule has 0 radical (unpaired) electrons. The molecule has 0 atom stereocenters. The van der Waals surface area contributed by atoms with E-state index in [9.17, 15) is 4.79 Å². The first kappa shape index (κ1) is 10.7. The van der Waals surface area contributed by atoms with Gasteiger partial charge in [-0.2, -0.15) is 0 Å².